The number of fused-ring (bicyclic) bond motifs is 1. The van der Waals surface area contributed by atoms with E-state index >= 15 is 0 Å². The molecule has 1 fully saturated rings. The van der Waals surface area contributed by atoms with E-state index in [1.165, 1.54) is 24.3 Å². The van der Waals surface area contributed by atoms with Crippen LogP contribution in [0.15, 0.2) is 48.5 Å². The van der Waals surface area contributed by atoms with Crippen molar-refractivity contribution in [1.29, 1.82) is 0 Å². The van der Waals surface area contributed by atoms with Crippen LogP contribution >= 0.6 is 0 Å². The number of ether oxygens (including phenoxy) is 2. The Morgan fingerprint density at radius 1 is 1.16 bits per heavy atom. The van der Waals surface area contributed by atoms with Gasteiger partial charge in [0.25, 0.3) is 0 Å². The van der Waals surface area contributed by atoms with Crippen LogP contribution in [0.4, 0.5) is 0 Å². The number of carbonyl (C=O) groups excluding carboxylic acids is 2. The lowest BCUT2D eigenvalue weighted by Crippen LogP contribution is -2.51. The number of hydrogen-bond acceptors (Lipinski definition) is 5. The summed E-state index contributed by atoms with van der Waals surface area (Å²) in [6, 6.07) is 14.2. The molecule has 31 heavy (non-hydrogen) atoms. The molecule has 2 aromatic carbocycles. The minimum Gasteiger partial charge on any atom is -0.486 e. The van der Waals surface area contributed by atoms with Crippen LogP contribution in [-0.4, -0.2) is 49.0 Å². The topological polar surface area (TPSA) is 55.8 Å². The Morgan fingerprint density at radius 3 is 2.61 bits per heavy atom. The summed E-state index contributed by atoms with van der Waals surface area (Å²) in [6.45, 7) is 5.01. The van der Waals surface area contributed by atoms with Crippen molar-refractivity contribution in [3.8, 4) is 5.75 Å². The number of nitrogens with zero attached hydrogens (tertiary/aromatic N) is 1. The molecule has 5 nitrogen and oxygen atoms in total. The highest BCUT2D eigenvalue weighted by Crippen LogP contribution is 2.39. The highest BCUT2D eigenvalue weighted by Gasteiger charge is 2.42. The molecule has 162 valence electrons. The minimum absolute atomic E-state index is 0.114. The fourth-order valence-electron chi connectivity index (χ4n) is 4.35. The van der Waals surface area contributed by atoms with Crippen LogP contribution < -0.4 is 4.74 Å². The van der Waals surface area contributed by atoms with Gasteiger partial charge in [-0.05, 0) is 42.7 Å². The zero-order valence-electron chi connectivity index (χ0n) is 18.2. The molecule has 0 amide bonds. The third kappa shape index (κ3) is 5.05. The third-order valence-corrected chi connectivity index (χ3v) is 6.33. The molecular formula is C26H29NO4. The molecule has 1 saturated heterocycles. The first-order chi connectivity index (χ1) is 15.0. The van der Waals surface area contributed by atoms with Crippen molar-refractivity contribution in [3.05, 3.63) is 70.8 Å². The number of carbonyl (C=O) groups is 2. The number of methoxy groups -OCH3 is 1. The van der Waals surface area contributed by atoms with Gasteiger partial charge in [0.1, 0.15) is 11.4 Å². The Bertz CT molecular complexity index is 985. The number of Topliss-reactive ketones (excluding diaryl/α,β-unsaturated/α-hetero) is 1. The Labute approximate surface area is 183 Å². The summed E-state index contributed by atoms with van der Waals surface area (Å²) < 4.78 is 11.0. The van der Waals surface area contributed by atoms with E-state index in [0.29, 0.717) is 17.7 Å². The smallest absolute Gasteiger partial charge is 0.330 e. The molecule has 0 radical (unpaired) electrons. The second-order valence-electron chi connectivity index (χ2n) is 8.57. The molecule has 0 N–H and O–H groups in total. The average Bonchev–Trinajstić information content (AvgIpc) is 2.78. The molecule has 5 heteroatoms. The van der Waals surface area contributed by atoms with Crippen molar-refractivity contribution in [2.24, 2.45) is 0 Å². The summed E-state index contributed by atoms with van der Waals surface area (Å²) in [5.74, 6) is 0.343. The van der Waals surface area contributed by atoms with Crippen molar-refractivity contribution in [1.82, 2.24) is 4.90 Å². The summed E-state index contributed by atoms with van der Waals surface area (Å²) in [7, 11) is 1.34. The fraction of sp³-hybridized carbons (Fsp3) is 0.385. The first-order valence-electron chi connectivity index (χ1n) is 10.9. The number of ketones is 1. The maximum atomic E-state index is 12.9. The van der Waals surface area contributed by atoms with Crippen molar-refractivity contribution >= 4 is 17.8 Å². The van der Waals surface area contributed by atoms with Gasteiger partial charge in [0.15, 0.2) is 5.78 Å². The molecule has 0 bridgehead atoms. The van der Waals surface area contributed by atoms with E-state index in [2.05, 4.69) is 40.8 Å². The summed E-state index contributed by atoms with van der Waals surface area (Å²) in [4.78, 5) is 26.7. The van der Waals surface area contributed by atoms with E-state index in [4.69, 9.17) is 4.74 Å². The third-order valence-electron chi connectivity index (χ3n) is 6.33. The number of esters is 1. The Kier molecular flexibility index (Phi) is 6.23. The zero-order chi connectivity index (χ0) is 21.8. The normalized spacial score (nSPS) is 18.1. The molecule has 0 atom stereocenters. The van der Waals surface area contributed by atoms with E-state index in [-0.39, 0.29) is 5.78 Å². The number of benzene rings is 2. The molecule has 0 unspecified atom stereocenters. The van der Waals surface area contributed by atoms with Crippen molar-refractivity contribution in [2.45, 2.75) is 38.2 Å². The molecule has 2 aliphatic heterocycles. The van der Waals surface area contributed by atoms with Gasteiger partial charge in [-0.2, -0.15) is 0 Å². The van der Waals surface area contributed by atoms with Crippen LogP contribution in [-0.2, 0) is 16.0 Å². The first-order valence-corrected chi connectivity index (χ1v) is 10.9. The van der Waals surface area contributed by atoms with Gasteiger partial charge in [-0.1, -0.05) is 35.9 Å². The fourth-order valence-corrected chi connectivity index (χ4v) is 4.35. The SMILES string of the molecule is COC(=O)/C=C/c1ccc2c(c1)C(=O)CC1(CCN(CCc3ccc(C)cc3)CC1)O2. The highest BCUT2D eigenvalue weighted by atomic mass is 16.5. The second-order valence-corrected chi connectivity index (χ2v) is 8.57. The minimum atomic E-state index is -0.423. The molecule has 2 heterocycles. The van der Waals surface area contributed by atoms with Gasteiger partial charge in [-0.15, -0.1) is 0 Å². The lowest BCUT2D eigenvalue weighted by molar-refractivity contribution is -0.134. The van der Waals surface area contributed by atoms with E-state index in [9.17, 15) is 9.59 Å². The van der Waals surface area contributed by atoms with Crippen LogP contribution in [0, 0.1) is 6.92 Å². The van der Waals surface area contributed by atoms with Gasteiger partial charge in [0.05, 0.1) is 19.1 Å². The molecule has 0 aromatic heterocycles. The monoisotopic (exact) mass is 419 g/mol. The van der Waals surface area contributed by atoms with E-state index in [0.717, 1.165) is 44.5 Å². The molecule has 4 rings (SSSR count). The van der Waals surface area contributed by atoms with Crippen LogP contribution in [0.2, 0.25) is 0 Å². The van der Waals surface area contributed by atoms with E-state index < -0.39 is 11.6 Å². The predicted octanol–water partition coefficient (Wildman–Crippen LogP) is 4.22. The highest BCUT2D eigenvalue weighted by molar-refractivity contribution is 6.01. The summed E-state index contributed by atoms with van der Waals surface area (Å²) in [5, 5.41) is 0. The molecular weight excluding hydrogens is 390 g/mol. The van der Waals surface area contributed by atoms with Gasteiger partial charge in [-0.3, -0.25) is 4.79 Å². The largest absolute Gasteiger partial charge is 0.486 e. The van der Waals surface area contributed by atoms with Crippen LogP contribution in [0.5, 0.6) is 5.75 Å². The quantitative estimate of drug-likeness (QED) is 0.536. The van der Waals surface area contributed by atoms with Crippen LogP contribution in [0.3, 0.4) is 0 Å². The van der Waals surface area contributed by atoms with Gasteiger partial charge in [0, 0.05) is 38.6 Å². The average molecular weight is 420 g/mol. The molecule has 2 aromatic rings. The number of hydrogen-bond donors (Lipinski definition) is 0. The Morgan fingerprint density at radius 2 is 1.90 bits per heavy atom. The van der Waals surface area contributed by atoms with Gasteiger partial charge >= 0.3 is 5.97 Å². The van der Waals surface area contributed by atoms with E-state index in [1.54, 1.807) is 12.1 Å². The number of rotatable bonds is 5. The van der Waals surface area contributed by atoms with Crippen LogP contribution in [0.1, 0.15) is 46.3 Å². The summed E-state index contributed by atoms with van der Waals surface area (Å²) in [6.07, 6.45) is 6.17. The standard InChI is InChI=1S/C26H29NO4/c1-19-3-5-20(6-4-19)11-14-27-15-12-26(13-16-27)18-23(28)22-17-21(7-9-24(22)31-26)8-10-25(29)30-2/h3-10,17H,11-16,18H2,1-2H3/b10-8+. The van der Waals surface area contributed by atoms with Gasteiger partial charge in [-0.25, -0.2) is 4.79 Å². The second kappa shape index (κ2) is 9.06. The van der Waals surface area contributed by atoms with Crippen molar-refractivity contribution < 1.29 is 19.1 Å². The van der Waals surface area contributed by atoms with E-state index in [1.807, 2.05) is 12.1 Å². The van der Waals surface area contributed by atoms with Gasteiger partial charge in [0.2, 0.25) is 0 Å². The molecule has 0 aliphatic carbocycles. The first kappa shape index (κ1) is 21.3. The summed E-state index contributed by atoms with van der Waals surface area (Å²) >= 11 is 0. The maximum absolute atomic E-state index is 12.9. The maximum Gasteiger partial charge on any atom is 0.330 e. The number of piperidine rings is 1. The van der Waals surface area contributed by atoms with Gasteiger partial charge < -0.3 is 14.4 Å². The Hall–Kier alpha value is -2.92. The zero-order valence-corrected chi connectivity index (χ0v) is 18.2. The predicted molar refractivity (Wildman–Crippen MR) is 120 cm³/mol. The van der Waals surface area contributed by atoms with Crippen molar-refractivity contribution in [2.75, 3.05) is 26.7 Å². The number of aryl methyl sites for hydroxylation is 1. The lowest BCUT2D eigenvalue weighted by Gasteiger charge is -2.44. The summed E-state index contributed by atoms with van der Waals surface area (Å²) in [5.41, 5.74) is 3.63. The molecule has 0 saturated carbocycles. The molecule has 2 aliphatic rings. The number of likely N-dealkylation sites (tertiary alicyclic amines) is 1. The lowest BCUT2D eigenvalue weighted by atomic mass is 9.82. The Balaban J connectivity index is 1.36. The van der Waals surface area contributed by atoms with Crippen molar-refractivity contribution in [3.63, 3.8) is 0 Å². The molecule has 1 spiro atoms. The van der Waals surface area contributed by atoms with Crippen LogP contribution in [0.25, 0.3) is 6.08 Å².